The number of rotatable bonds is 3. The predicted molar refractivity (Wildman–Crippen MR) is 82.5 cm³/mol. The highest BCUT2D eigenvalue weighted by atomic mass is 32.2. The molecule has 2 rings (SSSR count). The largest absolute Gasteiger partial charge is 0.370 e. The van der Waals surface area contributed by atoms with E-state index in [1.165, 1.54) is 0 Å². The molecule has 0 bridgehead atoms. The lowest BCUT2D eigenvalue weighted by molar-refractivity contribution is -0.122. The molecule has 1 aliphatic rings. The quantitative estimate of drug-likeness (QED) is 0.894. The SMILES string of the molecule is Cc1ccccc1NC1(C(N)=O)CSCC(C)(C)C1. The lowest BCUT2D eigenvalue weighted by Gasteiger charge is -2.43. The number of amides is 1. The van der Waals surface area contributed by atoms with Crippen LogP contribution in [0.15, 0.2) is 24.3 Å². The summed E-state index contributed by atoms with van der Waals surface area (Å²) < 4.78 is 0. The summed E-state index contributed by atoms with van der Waals surface area (Å²) in [5.74, 6) is 1.55. The minimum Gasteiger partial charge on any atom is -0.370 e. The average molecular weight is 278 g/mol. The Balaban J connectivity index is 2.31. The number of carbonyl (C=O) groups is 1. The molecular formula is C15H22N2OS. The highest BCUT2D eigenvalue weighted by Crippen LogP contribution is 2.41. The van der Waals surface area contributed by atoms with Gasteiger partial charge in [-0.25, -0.2) is 0 Å². The van der Waals surface area contributed by atoms with E-state index in [0.717, 1.165) is 29.2 Å². The lowest BCUT2D eigenvalue weighted by atomic mass is 9.79. The molecule has 1 fully saturated rings. The molecule has 1 aromatic carbocycles. The summed E-state index contributed by atoms with van der Waals surface area (Å²) in [4.78, 5) is 12.0. The normalized spacial score (nSPS) is 25.8. The maximum atomic E-state index is 12.0. The fraction of sp³-hybridized carbons (Fsp3) is 0.533. The van der Waals surface area contributed by atoms with Crippen LogP contribution in [-0.2, 0) is 4.79 Å². The molecule has 0 radical (unpaired) electrons. The van der Waals surface area contributed by atoms with Crippen LogP contribution in [0.25, 0.3) is 0 Å². The van der Waals surface area contributed by atoms with E-state index in [1.807, 2.05) is 31.2 Å². The number of thioether (sulfide) groups is 1. The van der Waals surface area contributed by atoms with Crippen molar-refractivity contribution in [3.8, 4) is 0 Å². The Morgan fingerprint density at radius 3 is 2.58 bits per heavy atom. The van der Waals surface area contributed by atoms with Gasteiger partial charge in [0.15, 0.2) is 0 Å². The van der Waals surface area contributed by atoms with Crippen LogP contribution in [0, 0.1) is 12.3 Å². The summed E-state index contributed by atoms with van der Waals surface area (Å²) in [5.41, 5.74) is 7.32. The minimum atomic E-state index is -0.640. The van der Waals surface area contributed by atoms with Crippen LogP contribution in [-0.4, -0.2) is 23.0 Å². The van der Waals surface area contributed by atoms with E-state index in [-0.39, 0.29) is 11.3 Å². The van der Waals surface area contributed by atoms with Crippen molar-refractivity contribution in [1.82, 2.24) is 0 Å². The molecule has 0 aromatic heterocycles. The summed E-state index contributed by atoms with van der Waals surface area (Å²) in [6.45, 7) is 6.42. The van der Waals surface area contributed by atoms with Gasteiger partial charge in [-0.15, -0.1) is 0 Å². The molecule has 0 saturated carbocycles. The maximum absolute atomic E-state index is 12.0. The Kier molecular flexibility index (Phi) is 3.81. The van der Waals surface area contributed by atoms with Crippen LogP contribution in [0.4, 0.5) is 5.69 Å². The second kappa shape index (κ2) is 5.08. The first-order valence-corrected chi connectivity index (χ1v) is 7.72. The van der Waals surface area contributed by atoms with Crippen molar-refractivity contribution in [2.24, 2.45) is 11.1 Å². The molecular weight excluding hydrogens is 256 g/mol. The van der Waals surface area contributed by atoms with E-state index in [2.05, 4.69) is 19.2 Å². The Bertz CT molecular complexity index is 487. The number of para-hydroxylation sites is 1. The Morgan fingerprint density at radius 1 is 1.32 bits per heavy atom. The molecule has 0 aliphatic carbocycles. The van der Waals surface area contributed by atoms with E-state index < -0.39 is 5.54 Å². The standard InChI is InChI=1S/C15H22N2OS/c1-11-6-4-5-7-12(11)17-15(13(16)18)8-14(2,3)9-19-10-15/h4-7,17H,8-10H2,1-3H3,(H2,16,18). The van der Waals surface area contributed by atoms with Gasteiger partial charge in [0.25, 0.3) is 0 Å². The first kappa shape index (κ1) is 14.3. The second-order valence-corrected chi connectivity index (χ2v) is 7.21. The monoisotopic (exact) mass is 278 g/mol. The third-order valence-corrected chi connectivity index (χ3v) is 5.29. The number of carbonyl (C=O) groups excluding carboxylic acids is 1. The molecule has 19 heavy (non-hydrogen) atoms. The van der Waals surface area contributed by atoms with Gasteiger partial charge in [0.05, 0.1) is 0 Å². The Morgan fingerprint density at radius 2 is 2.00 bits per heavy atom. The molecule has 1 atom stereocenters. The second-order valence-electron chi connectivity index (χ2n) is 6.22. The molecule has 0 spiro atoms. The van der Waals surface area contributed by atoms with Gasteiger partial charge in [0, 0.05) is 11.4 Å². The van der Waals surface area contributed by atoms with Gasteiger partial charge in [0.1, 0.15) is 5.54 Å². The number of benzene rings is 1. The zero-order chi connectivity index (χ0) is 14.1. The third-order valence-electron chi connectivity index (χ3n) is 3.61. The van der Waals surface area contributed by atoms with Crippen LogP contribution in [0.5, 0.6) is 0 Å². The lowest BCUT2D eigenvalue weighted by Crippen LogP contribution is -2.57. The topological polar surface area (TPSA) is 55.1 Å². The van der Waals surface area contributed by atoms with Crippen LogP contribution in [0.1, 0.15) is 25.8 Å². The van der Waals surface area contributed by atoms with Crippen molar-refractivity contribution < 1.29 is 4.79 Å². The molecule has 3 N–H and O–H groups in total. The van der Waals surface area contributed by atoms with Crippen LogP contribution in [0.3, 0.4) is 0 Å². The van der Waals surface area contributed by atoms with Gasteiger partial charge >= 0.3 is 0 Å². The zero-order valence-electron chi connectivity index (χ0n) is 11.8. The van der Waals surface area contributed by atoms with Gasteiger partial charge in [-0.2, -0.15) is 11.8 Å². The predicted octanol–water partition coefficient (Wildman–Crippen LogP) is 2.79. The summed E-state index contributed by atoms with van der Waals surface area (Å²) in [5, 5.41) is 3.42. The Labute approximate surface area is 119 Å². The van der Waals surface area contributed by atoms with Crippen molar-refractivity contribution >= 4 is 23.4 Å². The molecule has 3 nitrogen and oxygen atoms in total. The Hall–Kier alpha value is -1.16. The third kappa shape index (κ3) is 3.06. The van der Waals surface area contributed by atoms with Gasteiger partial charge in [-0.05, 0) is 36.1 Å². The van der Waals surface area contributed by atoms with Crippen LogP contribution >= 0.6 is 11.8 Å². The first-order chi connectivity index (χ1) is 8.85. The molecule has 1 unspecified atom stereocenters. The van der Waals surface area contributed by atoms with Crippen LogP contribution in [0.2, 0.25) is 0 Å². The first-order valence-electron chi connectivity index (χ1n) is 6.56. The van der Waals surface area contributed by atoms with Gasteiger partial charge in [0.2, 0.25) is 5.91 Å². The summed E-state index contributed by atoms with van der Waals surface area (Å²) >= 11 is 1.80. The molecule has 4 heteroatoms. The minimum absolute atomic E-state index is 0.119. The smallest absolute Gasteiger partial charge is 0.243 e. The van der Waals surface area contributed by atoms with Crippen molar-refractivity contribution in [2.45, 2.75) is 32.7 Å². The van der Waals surface area contributed by atoms with E-state index in [0.29, 0.717) is 0 Å². The van der Waals surface area contributed by atoms with Crippen molar-refractivity contribution in [3.05, 3.63) is 29.8 Å². The van der Waals surface area contributed by atoms with Crippen molar-refractivity contribution in [2.75, 3.05) is 16.8 Å². The highest BCUT2D eigenvalue weighted by Gasteiger charge is 2.45. The number of nitrogens with one attached hydrogen (secondary N) is 1. The number of primary amides is 1. The van der Waals surface area contributed by atoms with E-state index in [1.54, 1.807) is 11.8 Å². The number of hydrogen-bond donors (Lipinski definition) is 2. The molecule has 104 valence electrons. The van der Waals surface area contributed by atoms with Crippen molar-refractivity contribution in [1.29, 1.82) is 0 Å². The van der Waals surface area contributed by atoms with Gasteiger partial charge in [-0.1, -0.05) is 32.0 Å². The van der Waals surface area contributed by atoms with E-state index in [4.69, 9.17) is 5.73 Å². The van der Waals surface area contributed by atoms with E-state index >= 15 is 0 Å². The summed E-state index contributed by atoms with van der Waals surface area (Å²) in [6.07, 6.45) is 0.774. The molecule has 1 saturated heterocycles. The van der Waals surface area contributed by atoms with Gasteiger partial charge in [-0.3, -0.25) is 4.79 Å². The number of nitrogens with two attached hydrogens (primary N) is 1. The summed E-state index contributed by atoms with van der Waals surface area (Å²) in [6, 6.07) is 8.02. The number of anilines is 1. The highest BCUT2D eigenvalue weighted by molar-refractivity contribution is 7.99. The average Bonchev–Trinajstić information content (AvgIpc) is 2.30. The number of hydrogen-bond acceptors (Lipinski definition) is 3. The summed E-state index contributed by atoms with van der Waals surface area (Å²) in [7, 11) is 0. The van der Waals surface area contributed by atoms with Gasteiger partial charge < -0.3 is 11.1 Å². The molecule has 1 aliphatic heterocycles. The van der Waals surface area contributed by atoms with E-state index in [9.17, 15) is 4.79 Å². The molecule has 1 amide bonds. The number of aryl methyl sites for hydroxylation is 1. The van der Waals surface area contributed by atoms with Crippen molar-refractivity contribution in [3.63, 3.8) is 0 Å². The molecule has 1 heterocycles. The molecule has 1 aromatic rings. The fourth-order valence-electron chi connectivity index (χ4n) is 2.69. The van der Waals surface area contributed by atoms with Crippen LogP contribution < -0.4 is 11.1 Å². The zero-order valence-corrected chi connectivity index (χ0v) is 12.6. The fourth-order valence-corrected chi connectivity index (χ4v) is 4.11. The maximum Gasteiger partial charge on any atom is 0.243 e.